The summed E-state index contributed by atoms with van der Waals surface area (Å²) in [6, 6.07) is 5.45. The summed E-state index contributed by atoms with van der Waals surface area (Å²) < 4.78 is 12.2. The number of amides is 2. The third-order valence-electron chi connectivity index (χ3n) is 4.86. The molecule has 1 unspecified atom stereocenters. The lowest BCUT2D eigenvalue weighted by molar-refractivity contribution is -0.129. The molecule has 1 aliphatic heterocycles. The Morgan fingerprint density at radius 2 is 2.04 bits per heavy atom. The van der Waals surface area contributed by atoms with E-state index in [9.17, 15) is 9.59 Å². The molecule has 1 atom stereocenters. The van der Waals surface area contributed by atoms with Crippen LogP contribution in [-0.2, 0) is 11.3 Å². The fourth-order valence-electron chi connectivity index (χ4n) is 3.33. The summed E-state index contributed by atoms with van der Waals surface area (Å²) in [6.45, 7) is 0.660. The summed E-state index contributed by atoms with van der Waals surface area (Å²) in [5.74, 6) is 1.09. The minimum Gasteiger partial charge on any atom is -0.497 e. The number of rotatable bonds is 6. The zero-order valence-electron chi connectivity index (χ0n) is 16.6. The SMILES string of the molecule is COc1ccc(OC)c(C2CCCN2C(=O)c2cn(CC(=O)N(C)C)nn2)c1. The number of hydrogen-bond donors (Lipinski definition) is 0. The number of benzene rings is 1. The quantitative estimate of drug-likeness (QED) is 0.744. The molecule has 1 saturated heterocycles. The summed E-state index contributed by atoms with van der Waals surface area (Å²) in [6.07, 6.45) is 3.22. The average molecular weight is 387 g/mol. The van der Waals surface area contributed by atoms with Gasteiger partial charge in [0.1, 0.15) is 18.0 Å². The van der Waals surface area contributed by atoms with Crippen molar-refractivity contribution < 1.29 is 19.1 Å². The molecule has 1 aromatic carbocycles. The van der Waals surface area contributed by atoms with Gasteiger partial charge in [-0.3, -0.25) is 9.59 Å². The van der Waals surface area contributed by atoms with Crippen molar-refractivity contribution in [1.29, 1.82) is 0 Å². The second-order valence-corrected chi connectivity index (χ2v) is 6.85. The second-order valence-electron chi connectivity index (χ2n) is 6.85. The number of ether oxygens (including phenoxy) is 2. The number of carbonyl (C=O) groups is 2. The van der Waals surface area contributed by atoms with E-state index < -0.39 is 0 Å². The van der Waals surface area contributed by atoms with Crippen molar-refractivity contribution in [3.8, 4) is 11.5 Å². The molecule has 2 aromatic rings. The molecular formula is C19H25N5O4. The first-order valence-corrected chi connectivity index (χ1v) is 9.07. The van der Waals surface area contributed by atoms with Crippen LogP contribution in [0.2, 0.25) is 0 Å². The number of carbonyl (C=O) groups excluding carboxylic acids is 2. The van der Waals surface area contributed by atoms with Crippen LogP contribution in [0.15, 0.2) is 24.4 Å². The number of methoxy groups -OCH3 is 2. The molecule has 150 valence electrons. The molecule has 3 rings (SSSR count). The Kier molecular flexibility index (Phi) is 5.81. The van der Waals surface area contributed by atoms with E-state index in [2.05, 4.69) is 10.3 Å². The Hall–Kier alpha value is -3.10. The minimum absolute atomic E-state index is 0.0421. The normalized spacial score (nSPS) is 16.1. The first-order chi connectivity index (χ1) is 13.4. The van der Waals surface area contributed by atoms with Crippen LogP contribution in [0, 0.1) is 0 Å². The first kappa shape index (κ1) is 19.7. The molecule has 9 nitrogen and oxygen atoms in total. The van der Waals surface area contributed by atoms with E-state index in [1.807, 2.05) is 18.2 Å². The van der Waals surface area contributed by atoms with Gasteiger partial charge in [0, 0.05) is 26.2 Å². The standard InChI is InChI=1S/C19H25N5O4/c1-22(2)18(25)12-23-11-15(20-21-23)19(26)24-9-5-6-16(24)14-10-13(27-3)7-8-17(14)28-4/h7-8,10-11,16H,5-6,9,12H2,1-4H3. The Morgan fingerprint density at radius 1 is 1.25 bits per heavy atom. The van der Waals surface area contributed by atoms with Crippen LogP contribution in [0.1, 0.15) is 34.9 Å². The van der Waals surface area contributed by atoms with Gasteiger partial charge in [-0.1, -0.05) is 5.21 Å². The van der Waals surface area contributed by atoms with Gasteiger partial charge in [0.15, 0.2) is 5.69 Å². The van der Waals surface area contributed by atoms with Gasteiger partial charge in [0.05, 0.1) is 26.5 Å². The fraction of sp³-hybridized carbons (Fsp3) is 0.474. The molecule has 1 aliphatic rings. The van der Waals surface area contributed by atoms with Crippen molar-refractivity contribution >= 4 is 11.8 Å². The monoisotopic (exact) mass is 387 g/mol. The van der Waals surface area contributed by atoms with Gasteiger partial charge in [0.25, 0.3) is 5.91 Å². The largest absolute Gasteiger partial charge is 0.497 e. The summed E-state index contributed by atoms with van der Waals surface area (Å²) in [5, 5.41) is 7.89. The third kappa shape index (κ3) is 3.92. The molecule has 1 aromatic heterocycles. The second kappa shape index (κ2) is 8.28. The third-order valence-corrected chi connectivity index (χ3v) is 4.86. The van der Waals surface area contributed by atoms with E-state index in [0.717, 1.165) is 18.4 Å². The number of likely N-dealkylation sites (tertiary alicyclic amines) is 1. The van der Waals surface area contributed by atoms with Gasteiger partial charge in [-0.05, 0) is 31.0 Å². The molecule has 2 heterocycles. The topological polar surface area (TPSA) is 89.8 Å². The maximum absolute atomic E-state index is 13.1. The van der Waals surface area contributed by atoms with E-state index in [-0.39, 0.29) is 30.1 Å². The van der Waals surface area contributed by atoms with Crippen molar-refractivity contribution in [1.82, 2.24) is 24.8 Å². The van der Waals surface area contributed by atoms with Crippen molar-refractivity contribution in [3.63, 3.8) is 0 Å². The highest BCUT2D eigenvalue weighted by Crippen LogP contribution is 2.39. The molecule has 2 amide bonds. The lowest BCUT2D eigenvalue weighted by Gasteiger charge is -2.26. The number of nitrogens with zero attached hydrogens (tertiary/aromatic N) is 5. The molecule has 0 bridgehead atoms. The number of likely N-dealkylation sites (N-methyl/N-ethyl adjacent to an activating group) is 1. The van der Waals surface area contributed by atoms with Crippen LogP contribution >= 0.6 is 0 Å². The van der Waals surface area contributed by atoms with Crippen LogP contribution < -0.4 is 9.47 Å². The van der Waals surface area contributed by atoms with Crippen LogP contribution in [0.25, 0.3) is 0 Å². The highest BCUT2D eigenvalue weighted by Gasteiger charge is 2.34. The molecule has 0 radical (unpaired) electrons. The first-order valence-electron chi connectivity index (χ1n) is 9.07. The van der Waals surface area contributed by atoms with Crippen LogP contribution in [0.4, 0.5) is 0 Å². The van der Waals surface area contributed by atoms with Crippen molar-refractivity contribution in [2.24, 2.45) is 0 Å². The molecule has 0 aliphatic carbocycles. The van der Waals surface area contributed by atoms with Crippen molar-refractivity contribution in [2.45, 2.75) is 25.4 Å². The van der Waals surface area contributed by atoms with E-state index in [1.54, 1.807) is 33.2 Å². The predicted octanol–water partition coefficient (Wildman–Crippen LogP) is 1.36. The Labute approximate surface area is 163 Å². The fourth-order valence-corrected chi connectivity index (χ4v) is 3.33. The van der Waals surface area contributed by atoms with Crippen LogP contribution in [-0.4, -0.2) is 71.5 Å². The lowest BCUT2D eigenvalue weighted by atomic mass is 10.0. The predicted molar refractivity (Wildman–Crippen MR) is 101 cm³/mol. The average Bonchev–Trinajstić information content (AvgIpc) is 3.36. The van der Waals surface area contributed by atoms with E-state index in [1.165, 1.54) is 15.8 Å². The van der Waals surface area contributed by atoms with E-state index >= 15 is 0 Å². The molecule has 1 fully saturated rings. The van der Waals surface area contributed by atoms with Crippen LogP contribution in [0.3, 0.4) is 0 Å². The van der Waals surface area contributed by atoms with Crippen LogP contribution in [0.5, 0.6) is 11.5 Å². The van der Waals surface area contributed by atoms with E-state index in [4.69, 9.17) is 9.47 Å². The molecule has 0 saturated carbocycles. The maximum atomic E-state index is 13.1. The van der Waals surface area contributed by atoms with Gasteiger partial charge in [-0.2, -0.15) is 0 Å². The lowest BCUT2D eigenvalue weighted by Crippen LogP contribution is -2.31. The summed E-state index contributed by atoms with van der Waals surface area (Å²) in [5.41, 5.74) is 1.13. The maximum Gasteiger partial charge on any atom is 0.276 e. The Morgan fingerprint density at radius 3 is 2.71 bits per heavy atom. The van der Waals surface area contributed by atoms with Gasteiger partial charge >= 0.3 is 0 Å². The van der Waals surface area contributed by atoms with Gasteiger partial charge < -0.3 is 19.3 Å². The Balaban J connectivity index is 1.83. The van der Waals surface area contributed by atoms with Gasteiger partial charge in [0.2, 0.25) is 5.91 Å². The zero-order valence-corrected chi connectivity index (χ0v) is 16.6. The van der Waals surface area contributed by atoms with Crippen molar-refractivity contribution in [3.05, 3.63) is 35.7 Å². The Bertz CT molecular complexity index is 864. The number of hydrogen-bond acceptors (Lipinski definition) is 6. The minimum atomic E-state index is -0.212. The summed E-state index contributed by atoms with van der Waals surface area (Å²) >= 11 is 0. The zero-order chi connectivity index (χ0) is 20.3. The highest BCUT2D eigenvalue weighted by molar-refractivity contribution is 5.92. The molecule has 28 heavy (non-hydrogen) atoms. The molecule has 9 heteroatoms. The molecule has 0 N–H and O–H groups in total. The number of aromatic nitrogens is 3. The van der Waals surface area contributed by atoms with Gasteiger partial charge in [-0.15, -0.1) is 5.10 Å². The molecular weight excluding hydrogens is 362 g/mol. The molecule has 0 spiro atoms. The smallest absolute Gasteiger partial charge is 0.276 e. The van der Waals surface area contributed by atoms with Crippen molar-refractivity contribution in [2.75, 3.05) is 34.9 Å². The summed E-state index contributed by atoms with van der Waals surface area (Å²) in [4.78, 5) is 28.1. The highest BCUT2D eigenvalue weighted by atomic mass is 16.5. The van der Waals surface area contributed by atoms with Gasteiger partial charge in [-0.25, -0.2) is 4.68 Å². The summed E-state index contributed by atoms with van der Waals surface area (Å²) in [7, 11) is 6.56. The van der Waals surface area contributed by atoms with E-state index in [0.29, 0.717) is 18.0 Å².